The molecular formula is C15H22N2O5. The average molecular weight is 310 g/mol. The molecule has 0 saturated heterocycles. The molecule has 0 aromatic carbocycles. The van der Waals surface area contributed by atoms with Gasteiger partial charge in [0, 0.05) is 6.20 Å². The predicted molar refractivity (Wildman–Crippen MR) is 79.0 cm³/mol. The van der Waals surface area contributed by atoms with E-state index in [1.165, 1.54) is 6.20 Å². The summed E-state index contributed by atoms with van der Waals surface area (Å²) in [6.45, 7) is 6.85. The molecule has 7 nitrogen and oxygen atoms in total. The molecule has 1 amide bonds. The smallest absolute Gasteiger partial charge is 0.408 e. The second-order valence-corrected chi connectivity index (χ2v) is 5.58. The number of ether oxygens (including phenoxy) is 2. The maximum absolute atomic E-state index is 12.0. The molecule has 7 heteroatoms. The lowest BCUT2D eigenvalue weighted by Gasteiger charge is -2.25. The molecule has 0 aliphatic heterocycles. The van der Waals surface area contributed by atoms with Crippen molar-refractivity contribution >= 4 is 12.1 Å². The largest absolute Gasteiger partial charge is 0.464 e. The van der Waals surface area contributed by atoms with Gasteiger partial charge in [0.2, 0.25) is 0 Å². The van der Waals surface area contributed by atoms with Crippen molar-refractivity contribution < 1.29 is 24.2 Å². The van der Waals surface area contributed by atoms with Crippen molar-refractivity contribution in [2.45, 2.75) is 45.4 Å². The molecule has 0 aliphatic carbocycles. The molecule has 1 heterocycles. The van der Waals surface area contributed by atoms with Crippen molar-refractivity contribution in [3.8, 4) is 0 Å². The van der Waals surface area contributed by atoms with Gasteiger partial charge in [0.15, 0.2) is 6.04 Å². The zero-order chi connectivity index (χ0) is 16.8. The van der Waals surface area contributed by atoms with Gasteiger partial charge in [-0.1, -0.05) is 6.07 Å². The molecule has 1 rings (SSSR count). The van der Waals surface area contributed by atoms with Crippen LogP contribution in [0.4, 0.5) is 4.79 Å². The first-order valence-corrected chi connectivity index (χ1v) is 6.99. The molecule has 122 valence electrons. The van der Waals surface area contributed by atoms with Gasteiger partial charge in [-0.3, -0.25) is 4.98 Å². The number of amides is 1. The third kappa shape index (κ3) is 5.69. The average Bonchev–Trinajstić information content (AvgIpc) is 2.43. The Balaban J connectivity index is 2.89. The van der Waals surface area contributed by atoms with Crippen LogP contribution >= 0.6 is 0 Å². The van der Waals surface area contributed by atoms with Gasteiger partial charge in [0.25, 0.3) is 0 Å². The normalized spacial score (nSPS) is 13.9. The summed E-state index contributed by atoms with van der Waals surface area (Å²) in [5, 5.41) is 12.6. The van der Waals surface area contributed by atoms with Crippen LogP contribution in [0.1, 0.15) is 39.5 Å². The Labute approximate surface area is 129 Å². The van der Waals surface area contributed by atoms with Crippen LogP contribution in [0.25, 0.3) is 0 Å². The number of aromatic nitrogens is 1. The molecule has 0 bridgehead atoms. The van der Waals surface area contributed by atoms with Gasteiger partial charge in [-0.2, -0.15) is 0 Å². The van der Waals surface area contributed by atoms with Crippen molar-refractivity contribution in [1.82, 2.24) is 10.3 Å². The van der Waals surface area contributed by atoms with Gasteiger partial charge in [0.1, 0.15) is 11.7 Å². The topological polar surface area (TPSA) is 97.8 Å². The van der Waals surface area contributed by atoms with Crippen molar-refractivity contribution in [1.29, 1.82) is 0 Å². The summed E-state index contributed by atoms with van der Waals surface area (Å²) >= 11 is 0. The fourth-order valence-corrected chi connectivity index (χ4v) is 1.66. The van der Waals surface area contributed by atoms with Crippen LogP contribution in [0.2, 0.25) is 0 Å². The number of carbonyl (C=O) groups is 2. The van der Waals surface area contributed by atoms with Gasteiger partial charge in [0.05, 0.1) is 12.3 Å². The van der Waals surface area contributed by atoms with Crippen molar-refractivity contribution in [2.24, 2.45) is 0 Å². The lowest BCUT2D eigenvalue weighted by Crippen LogP contribution is -2.47. The van der Waals surface area contributed by atoms with Crippen LogP contribution < -0.4 is 5.32 Å². The predicted octanol–water partition coefficient (Wildman–Crippen LogP) is 1.57. The Kier molecular flexibility index (Phi) is 6.30. The van der Waals surface area contributed by atoms with Crippen LogP contribution in [0, 0.1) is 0 Å². The van der Waals surface area contributed by atoms with E-state index in [1.807, 2.05) is 0 Å². The van der Waals surface area contributed by atoms with E-state index in [1.54, 1.807) is 45.9 Å². The SMILES string of the molecule is CCOC(=O)[C@H](NC(=O)OC(C)(C)C)[C@H](O)c1ccccn1. The fourth-order valence-electron chi connectivity index (χ4n) is 1.66. The molecule has 0 fully saturated rings. The number of nitrogens with one attached hydrogen (secondary N) is 1. The summed E-state index contributed by atoms with van der Waals surface area (Å²) in [5.41, 5.74) is -0.476. The number of pyridine rings is 1. The summed E-state index contributed by atoms with van der Waals surface area (Å²) in [5.74, 6) is -0.758. The maximum Gasteiger partial charge on any atom is 0.408 e. The lowest BCUT2D eigenvalue weighted by atomic mass is 10.1. The van der Waals surface area contributed by atoms with E-state index >= 15 is 0 Å². The number of esters is 1. The molecular weight excluding hydrogens is 288 g/mol. The summed E-state index contributed by atoms with van der Waals surface area (Å²) in [7, 11) is 0. The van der Waals surface area contributed by atoms with E-state index in [-0.39, 0.29) is 12.3 Å². The fraction of sp³-hybridized carbons (Fsp3) is 0.533. The summed E-state index contributed by atoms with van der Waals surface area (Å²) < 4.78 is 9.97. The number of nitrogens with zero attached hydrogens (tertiary/aromatic N) is 1. The number of hydrogen-bond acceptors (Lipinski definition) is 6. The molecule has 1 aromatic heterocycles. The lowest BCUT2D eigenvalue weighted by molar-refractivity contribution is -0.149. The van der Waals surface area contributed by atoms with Gasteiger partial charge >= 0.3 is 12.1 Å². The van der Waals surface area contributed by atoms with Crippen molar-refractivity contribution in [2.75, 3.05) is 6.61 Å². The van der Waals surface area contributed by atoms with Gasteiger partial charge in [-0.15, -0.1) is 0 Å². The highest BCUT2D eigenvalue weighted by molar-refractivity contribution is 5.82. The van der Waals surface area contributed by atoms with Gasteiger partial charge in [-0.05, 0) is 39.8 Å². The first-order chi connectivity index (χ1) is 10.2. The first kappa shape index (κ1) is 17.9. The number of hydrogen-bond donors (Lipinski definition) is 2. The van der Waals surface area contributed by atoms with Crippen LogP contribution in [0.3, 0.4) is 0 Å². The van der Waals surface area contributed by atoms with Gasteiger partial charge in [-0.25, -0.2) is 9.59 Å². The Morgan fingerprint density at radius 1 is 1.36 bits per heavy atom. The molecule has 0 aliphatic rings. The minimum Gasteiger partial charge on any atom is -0.464 e. The number of aliphatic hydroxyl groups excluding tert-OH is 1. The van der Waals surface area contributed by atoms with Crippen LogP contribution in [-0.4, -0.2) is 40.4 Å². The third-order valence-electron chi connectivity index (χ3n) is 2.52. The molecule has 1 aromatic rings. The van der Waals surface area contributed by atoms with Crippen LogP contribution in [0.15, 0.2) is 24.4 Å². The quantitative estimate of drug-likeness (QED) is 0.801. The zero-order valence-electron chi connectivity index (χ0n) is 13.2. The van der Waals surface area contributed by atoms with Crippen molar-refractivity contribution in [3.63, 3.8) is 0 Å². The molecule has 2 atom stereocenters. The van der Waals surface area contributed by atoms with E-state index in [4.69, 9.17) is 9.47 Å². The van der Waals surface area contributed by atoms with E-state index in [0.29, 0.717) is 0 Å². The summed E-state index contributed by atoms with van der Waals surface area (Å²) in [6.07, 6.45) is -0.679. The Morgan fingerprint density at radius 2 is 2.05 bits per heavy atom. The standard InChI is InChI=1S/C15H22N2O5/c1-5-21-13(19)11(17-14(20)22-15(2,3)4)12(18)10-8-6-7-9-16-10/h6-9,11-12,18H,5H2,1-4H3,(H,17,20)/t11-,12-/m1/s1. The molecule has 0 spiro atoms. The van der Waals surface area contributed by atoms with E-state index in [2.05, 4.69) is 10.3 Å². The highest BCUT2D eigenvalue weighted by Gasteiger charge is 2.33. The minimum absolute atomic E-state index is 0.125. The number of rotatable bonds is 5. The highest BCUT2D eigenvalue weighted by Crippen LogP contribution is 2.16. The van der Waals surface area contributed by atoms with Crippen LogP contribution in [0.5, 0.6) is 0 Å². The molecule has 0 saturated carbocycles. The zero-order valence-corrected chi connectivity index (χ0v) is 13.2. The molecule has 2 N–H and O–H groups in total. The van der Waals surface area contributed by atoms with Gasteiger partial charge < -0.3 is 19.9 Å². The second-order valence-electron chi connectivity index (χ2n) is 5.58. The van der Waals surface area contributed by atoms with E-state index in [0.717, 1.165) is 0 Å². The summed E-state index contributed by atoms with van der Waals surface area (Å²) in [6, 6.07) is 3.59. The Bertz CT molecular complexity index is 498. The molecule has 22 heavy (non-hydrogen) atoms. The number of aliphatic hydroxyl groups is 1. The third-order valence-corrected chi connectivity index (χ3v) is 2.52. The molecule has 0 radical (unpaired) electrons. The second kappa shape index (κ2) is 7.74. The first-order valence-electron chi connectivity index (χ1n) is 6.99. The van der Waals surface area contributed by atoms with E-state index in [9.17, 15) is 14.7 Å². The van der Waals surface area contributed by atoms with Crippen LogP contribution in [-0.2, 0) is 14.3 Å². The minimum atomic E-state index is -1.34. The number of carbonyl (C=O) groups excluding carboxylic acids is 2. The van der Waals surface area contributed by atoms with E-state index < -0.39 is 29.8 Å². The monoisotopic (exact) mass is 310 g/mol. The molecule has 0 unspecified atom stereocenters. The van der Waals surface area contributed by atoms with Crippen molar-refractivity contribution in [3.05, 3.63) is 30.1 Å². The highest BCUT2D eigenvalue weighted by atomic mass is 16.6. The Hall–Kier alpha value is -2.15. The summed E-state index contributed by atoms with van der Waals surface area (Å²) in [4.78, 5) is 27.8. The maximum atomic E-state index is 12.0. The Morgan fingerprint density at radius 3 is 2.55 bits per heavy atom. The number of alkyl carbamates (subject to hydrolysis) is 1.